The van der Waals surface area contributed by atoms with Crippen molar-refractivity contribution in [3.05, 3.63) is 68.8 Å². The highest BCUT2D eigenvalue weighted by Gasteiger charge is 2.30. The molecule has 0 saturated carbocycles. The zero-order chi connectivity index (χ0) is 25.4. The maximum absolute atomic E-state index is 14.1. The van der Waals surface area contributed by atoms with Gasteiger partial charge in [-0.3, -0.25) is 14.7 Å². The molecule has 2 aromatic heterocycles. The van der Waals surface area contributed by atoms with Crippen LogP contribution in [0.25, 0.3) is 11.0 Å². The predicted octanol–water partition coefficient (Wildman–Crippen LogP) is 3.65. The Morgan fingerprint density at radius 2 is 2.08 bits per heavy atom. The maximum Gasteiger partial charge on any atom is 0.410 e. The van der Waals surface area contributed by atoms with Crippen molar-refractivity contribution in [2.45, 2.75) is 19.4 Å². The fourth-order valence-corrected chi connectivity index (χ4v) is 5.37. The summed E-state index contributed by atoms with van der Waals surface area (Å²) < 4.78 is 19.3. The van der Waals surface area contributed by atoms with Crippen LogP contribution in [0.3, 0.4) is 0 Å². The number of H-pyrrole nitrogens is 1. The summed E-state index contributed by atoms with van der Waals surface area (Å²) >= 11 is 6.94. The molecule has 13 heteroatoms. The number of carbonyl (C=O) groups excluding carboxylic acids is 3. The first-order valence-electron chi connectivity index (χ1n) is 10.7. The van der Waals surface area contributed by atoms with Crippen LogP contribution in [0.15, 0.2) is 36.4 Å². The Morgan fingerprint density at radius 1 is 1.25 bits per heavy atom. The number of carbonyl (C=O) groups is 3. The topological polar surface area (TPSA) is 143 Å². The number of thiophene rings is 1. The number of aromatic amines is 1. The van der Waals surface area contributed by atoms with E-state index >= 15 is 0 Å². The molecule has 0 saturated heterocycles. The van der Waals surface area contributed by atoms with Crippen LogP contribution in [-0.2, 0) is 24.2 Å². The van der Waals surface area contributed by atoms with Gasteiger partial charge in [-0.2, -0.15) is 0 Å². The smallest absolute Gasteiger partial charge is 0.407 e. The lowest BCUT2D eigenvalue weighted by atomic mass is 10.1. The van der Waals surface area contributed by atoms with Gasteiger partial charge in [-0.25, -0.2) is 9.18 Å². The number of ether oxygens (including phenoxy) is 1. The van der Waals surface area contributed by atoms with E-state index in [4.69, 9.17) is 22.1 Å². The van der Waals surface area contributed by atoms with Gasteiger partial charge in [-0.1, -0.05) is 22.9 Å². The maximum atomic E-state index is 14.1. The lowest BCUT2D eigenvalue weighted by Gasteiger charge is -2.27. The Labute approximate surface area is 212 Å². The monoisotopic (exact) mass is 528 g/mol. The minimum Gasteiger partial charge on any atom is -0.407 e. The summed E-state index contributed by atoms with van der Waals surface area (Å²) in [7, 11) is 0. The second kappa shape index (κ2) is 9.55. The van der Waals surface area contributed by atoms with E-state index in [0.29, 0.717) is 29.6 Å². The molecule has 0 fully saturated rings. The number of nitrogens with zero attached hydrogens (tertiary/aromatic N) is 3. The summed E-state index contributed by atoms with van der Waals surface area (Å²) in [4.78, 5) is 39.7. The lowest BCUT2D eigenvalue weighted by Crippen LogP contribution is -2.35. The van der Waals surface area contributed by atoms with Crippen LogP contribution in [0, 0.1) is 5.82 Å². The Hall–Kier alpha value is -4.03. The molecule has 4 N–H and O–H groups in total. The van der Waals surface area contributed by atoms with E-state index in [2.05, 4.69) is 20.7 Å². The minimum atomic E-state index is -1.03. The summed E-state index contributed by atoms with van der Waals surface area (Å²) in [6.07, 6.45) is -0.903. The Morgan fingerprint density at radius 3 is 2.86 bits per heavy atom. The fourth-order valence-electron chi connectivity index (χ4n) is 4.00. The number of rotatable bonds is 5. The third-order valence-corrected chi connectivity index (χ3v) is 7.04. The van der Waals surface area contributed by atoms with Crippen molar-refractivity contribution in [2.24, 2.45) is 5.73 Å². The Bertz CT molecular complexity index is 1520. The van der Waals surface area contributed by atoms with Crippen molar-refractivity contribution in [2.75, 3.05) is 11.9 Å². The quantitative estimate of drug-likeness (QED) is 0.361. The van der Waals surface area contributed by atoms with Gasteiger partial charge in [-0.15, -0.1) is 16.4 Å². The molecule has 0 atom stereocenters. The van der Waals surface area contributed by atoms with E-state index in [1.165, 1.54) is 23.5 Å². The predicted molar refractivity (Wildman–Crippen MR) is 131 cm³/mol. The van der Waals surface area contributed by atoms with Crippen LogP contribution >= 0.6 is 22.9 Å². The van der Waals surface area contributed by atoms with Gasteiger partial charge in [0.05, 0.1) is 18.5 Å². The Balaban J connectivity index is 1.37. The molecule has 1 aliphatic rings. The molecule has 3 heterocycles. The zero-order valence-electron chi connectivity index (χ0n) is 18.5. The molecule has 10 nitrogen and oxygen atoms in total. The van der Waals surface area contributed by atoms with Crippen LogP contribution in [0.5, 0.6) is 5.75 Å². The van der Waals surface area contributed by atoms with Crippen molar-refractivity contribution in [3.63, 3.8) is 0 Å². The molecule has 0 spiro atoms. The van der Waals surface area contributed by atoms with Gasteiger partial charge in [0.25, 0.3) is 5.91 Å². The first-order valence-corrected chi connectivity index (χ1v) is 11.9. The van der Waals surface area contributed by atoms with Gasteiger partial charge in [-0.05, 0) is 42.3 Å². The lowest BCUT2D eigenvalue weighted by molar-refractivity contribution is -0.115. The standard InChI is InChI=1S/C23H18ClFN6O4S/c24-13-3-1-11(15(25)9-13)8-19(32)27-21-20(35-23(26)34)14-5-6-31(10-18(14)36-21)22(33)12-2-4-16-17(7-12)29-30-28-16/h1-4,7,9H,5-6,8,10H2,(H2,26,34)(H,27,32)(H,28,29,30). The van der Waals surface area contributed by atoms with Crippen LogP contribution in [0.2, 0.25) is 5.02 Å². The van der Waals surface area contributed by atoms with Crippen molar-refractivity contribution < 1.29 is 23.5 Å². The van der Waals surface area contributed by atoms with Crippen LogP contribution in [-0.4, -0.2) is 44.8 Å². The first kappa shape index (κ1) is 23.7. The van der Waals surface area contributed by atoms with E-state index in [1.54, 1.807) is 23.1 Å². The molecule has 5 rings (SSSR count). The number of fused-ring (bicyclic) bond motifs is 2. The third-order valence-electron chi connectivity index (χ3n) is 5.69. The van der Waals surface area contributed by atoms with E-state index in [9.17, 15) is 18.8 Å². The van der Waals surface area contributed by atoms with E-state index in [0.717, 1.165) is 16.5 Å². The zero-order valence-corrected chi connectivity index (χ0v) is 20.1. The number of primary amides is 1. The Kier molecular flexibility index (Phi) is 6.29. The van der Waals surface area contributed by atoms with Gasteiger partial charge in [0, 0.05) is 27.6 Å². The molecule has 0 aliphatic carbocycles. The molecule has 184 valence electrons. The minimum absolute atomic E-state index is 0.142. The molecule has 4 aromatic rings. The average Bonchev–Trinajstić information content (AvgIpc) is 3.44. The molecule has 36 heavy (non-hydrogen) atoms. The van der Waals surface area contributed by atoms with Gasteiger partial charge in [0.15, 0.2) is 5.75 Å². The number of hydrogen-bond acceptors (Lipinski definition) is 7. The molecule has 2 aromatic carbocycles. The summed E-state index contributed by atoms with van der Waals surface area (Å²) in [5.74, 6) is -1.17. The fraction of sp³-hybridized carbons (Fsp3) is 0.174. The third kappa shape index (κ3) is 4.72. The number of hydrogen-bond donors (Lipinski definition) is 3. The van der Waals surface area contributed by atoms with Gasteiger partial charge in [0.1, 0.15) is 16.3 Å². The van der Waals surface area contributed by atoms with Gasteiger partial charge in [0.2, 0.25) is 5.91 Å². The summed E-state index contributed by atoms with van der Waals surface area (Å²) in [6, 6.07) is 9.13. The second-order valence-electron chi connectivity index (χ2n) is 8.06. The summed E-state index contributed by atoms with van der Waals surface area (Å²) in [6.45, 7) is 0.602. The highest BCUT2D eigenvalue weighted by atomic mass is 35.5. The number of halogens is 2. The number of aromatic nitrogens is 3. The van der Waals surface area contributed by atoms with Gasteiger partial charge < -0.3 is 20.7 Å². The first-order chi connectivity index (χ1) is 17.3. The summed E-state index contributed by atoms with van der Waals surface area (Å²) in [5, 5.41) is 13.6. The van der Waals surface area contributed by atoms with Crippen LogP contribution in [0.4, 0.5) is 14.2 Å². The highest BCUT2D eigenvalue weighted by Crippen LogP contribution is 2.43. The number of anilines is 1. The van der Waals surface area contributed by atoms with E-state index < -0.39 is 17.8 Å². The number of benzene rings is 2. The molecule has 1 aliphatic heterocycles. The van der Waals surface area contributed by atoms with Crippen LogP contribution in [0.1, 0.15) is 26.4 Å². The normalized spacial score (nSPS) is 12.9. The molecule has 0 unspecified atom stereocenters. The molecular weight excluding hydrogens is 511 g/mol. The average molecular weight is 529 g/mol. The van der Waals surface area contributed by atoms with Crippen LogP contribution < -0.4 is 15.8 Å². The number of amides is 3. The molecular formula is C23H18ClFN6O4S. The molecule has 3 amide bonds. The van der Waals surface area contributed by atoms with Crippen molar-refractivity contribution in [3.8, 4) is 5.75 Å². The summed E-state index contributed by atoms with van der Waals surface area (Å²) in [5.41, 5.74) is 7.86. The van der Waals surface area contributed by atoms with E-state index in [1.807, 2.05) is 0 Å². The second-order valence-corrected chi connectivity index (χ2v) is 9.61. The van der Waals surface area contributed by atoms with Crippen molar-refractivity contribution in [1.29, 1.82) is 0 Å². The highest BCUT2D eigenvalue weighted by molar-refractivity contribution is 7.17. The molecule has 0 radical (unpaired) electrons. The number of nitrogens with two attached hydrogens (primary N) is 1. The van der Waals surface area contributed by atoms with E-state index in [-0.39, 0.29) is 40.2 Å². The number of nitrogens with one attached hydrogen (secondary N) is 2. The van der Waals surface area contributed by atoms with Gasteiger partial charge >= 0.3 is 6.09 Å². The largest absolute Gasteiger partial charge is 0.410 e. The SMILES string of the molecule is NC(=O)Oc1c(NC(=O)Cc2ccc(Cl)cc2F)sc2c1CCN(C(=O)c1ccc3[nH]nnc3c1)C2. The molecule has 0 bridgehead atoms. The van der Waals surface area contributed by atoms with Crippen molar-refractivity contribution >= 4 is 56.9 Å². The van der Waals surface area contributed by atoms with Crippen molar-refractivity contribution in [1.82, 2.24) is 20.3 Å².